The topological polar surface area (TPSA) is 86.1 Å². The molecule has 1 amide bonds. The van der Waals surface area contributed by atoms with Crippen LogP contribution in [0, 0.1) is 5.41 Å². The summed E-state index contributed by atoms with van der Waals surface area (Å²) in [7, 11) is 1.57. The predicted octanol–water partition coefficient (Wildman–Crippen LogP) is 3.93. The molecule has 0 saturated heterocycles. The largest absolute Gasteiger partial charge is 0.497 e. The number of fused-ring (bicyclic) bond motifs is 1. The summed E-state index contributed by atoms with van der Waals surface area (Å²) in [6.45, 7) is 7.56. The molecule has 0 unspecified atom stereocenters. The van der Waals surface area contributed by atoms with Crippen LogP contribution in [0.3, 0.4) is 0 Å². The van der Waals surface area contributed by atoms with Crippen LogP contribution in [0.4, 0.5) is 5.00 Å². The maximum atomic E-state index is 12.8. The Labute approximate surface area is 167 Å². The van der Waals surface area contributed by atoms with Crippen molar-refractivity contribution < 1.29 is 14.3 Å². The maximum Gasteiger partial charge on any atom is 0.246 e. The SMILES string of the molecule is CCc1ncc(NC(=O)Cn2nc(C(=O)C(C)(C)C)c3ccc(OC)cc32)s1. The molecular weight excluding hydrogens is 376 g/mol. The van der Waals surface area contributed by atoms with Crippen molar-refractivity contribution in [1.82, 2.24) is 14.8 Å². The predicted molar refractivity (Wildman–Crippen MR) is 110 cm³/mol. The molecule has 0 radical (unpaired) electrons. The van der Waals surface area contributed by atoms with Gasteiger partial charge in [-0.1, -0.05) is 27.7 Å². The molecule has 1 N–H and O–H groups in total. The van der Waals surface area contributed by atoms with Crippen LogP contribution in [-0.2, 0) is 17.8 Å². The number of anilines is 1. The highest BCUT2D eigenvalue weighted by Gasteiger charge is 2.28. The summed E-state index contributed by atoms with van der Waals surface area (Å²) >= 11 is 1.45. The van der Waals surface area contributed by atoms with Crippen LogP contribution < -0.4 is 10.1 Å². The third-order valence-electron chi connectivity index (χ3n) is 4.27. The van der Waals surface area contributed by atoms with Crippen molar-refractivity contribution in [3.8, 4) is 5.75 Å². The molecule has 0 aliphatic carbocycles. The minimum Gasteiger partial charge on any atom is -0.497 e. The van der Waals surface area contributed by atoms with Gasteiger partial charge in [0.05, 0.1) is 23.8 Å². The molecule has 7 nitrogen and oxygen atoms in total. The number of hydrogen-bond donors (Lipinski definition) is 1. The summed E-state index contributed by atoms with van der Waals surface area (Å²) in [5.74, 6) is 0.337. The van der Waals surface area contributed by atoms with E-state index in [-0.39, 0.29) is 18.2 Å². The lowest BCUT2D eigenvalue weighted by atomic mass is 9.88. The van der Waals surface area contributed by atoms with E-state index >= 15 is 0 Å². The summed E-state index contributed by atoms with van der Waals surface area (Å²) < 4.78 is 6.85. The fourth-order valence-corrected chi connectivity index (χ4v) is 3.54. The third kappa shape index (κ3) is 4.06. The molecule has 2 heterocycles. The number of aryl methyl sites for hydroxylation is 1. The van der Waals surface area contributed by atoms with E-state index in [1.54, 1.807) is 30.1 Å². The molecule has 0 fully saturated rings. The highest BCUT2D eigenvalue weighted by atomic mass is 32.1. The van der Waals surface area contributed by atoms with Crippen LogP contribution in [0.25, 0.3) is 10.9 Å². The second-order valence-electron chi connectivity index (χ2n) is 7.49. The number of rotatable bonds is 6. The monoisotopic (exact) mass is 400 g/mol. The molecule has 0 bridgehead atoms. The minimum atomic E-state index is -0.576. The molecule has 28 heavy (non-hydrogen) atoms. The quantitative estimate of drug-likeness (QED) is 0.634. The van der Waals surface area contributed by atoms with Gasteiger partial charge in [0, 0.05) is 16.9 Å². The molecule has 0 saturated carbocycles. The second-order valence-corrected chi connectivity index (χ2v) is 8.60. The number of Topliss-reactive ketones (excluding diaryl/α,β-unsaturated/α-hetero) is 1. The standard InChI is InChI=1S/C20H24N4O3S/c1-6-16-21-10-17(28-16)22-15(25)11-24-14-9-12(27-5)7-8-13(14)18(23-24)19(26)20(2,3)4/h7-10H,6,11H2,1-5H3,(H,22,25). The first-order valence-electron chi connectivity index (χ1n) is 9.07. The van der Waals surface area contributed by atoms with Crippen LogP contribution in [0.5, 0.6) is 5.75 Å². The Kier molecular flexibility index (Phi) is 5.51. The van der Waals surface area contributed by atoms with Gasteiger partial charge in [-0.2, -0.15) is 5.10 Å². The second kappa shape index (κ2) is 7.71. The van der Waals surface area contributed by atoms with E-state index in [0.29, 0.717) is 27.3 Å². The zero-order valence-electron chi connectivity index (χ0n) is 16.7. The third-order valence-corrected chi connectivity index (χ3v) is 5.32. The van der Waals surface area contributed by atoms with Crippen molar-refractivity contribution in [1.29, 1.82) is 0 Å². The molecule has 3 aromatic rings. The van der Waals surface area contributed by atoms with Crippen LogP contribution >= 0.6 is 11.3 Å². The Bertz CT molecular complexity index is 1030. The van der Waals surface area contributed by atoms with Crippen LogP contribution in [-0.4, -0.2) is 33.6 Å². The van der Waals surface area contributed by atoms with E-state index in [1.807, 2.05) is 33.8 Å². The van der Waals surface area contributed by atoms with E-state index in [4.69, 9.17) is 4.74 Å². The van der Waals surface area contributed by atoms with Gasteiger partial charge in [-0.25, -0.2) is 4.98 Å². The number of methoxy groups -OCH3 is 1. The summed E-state index contributed by atoms with van der Waals surface area (Å²) in [6.07, 6.45) is 2.47. The number of benzene rings is 1. The van der Waals surface area contributed by atoms with Gasteiger partial charge in [-0.15, -0.1) is 11.3 Å². The Hall–Kier alpha value is -2.74. The van der Waals surface area contributed by atoms with Gasteiger partial charge in [0.1, 0.15) is 23.0 Å². The molecule has 0 atom stereocenters. The van der Waals surface area contributed by atoms with Gasteiger partial charge in [0.25, 0.3) is 0 Å². The number of hydrogen-bond acceptors (Lipinski definition) is 6. The van der Waals surface area contributed by atoms with E-state index in [1.165, 1.54) is 11.3 Å². The van der Waals surface area contributed by atoms with Crippen molar-refractivity contribution in [3.63, 3.8) is 0 Å². The van der Waals surface area contributed by atoms with E-state index in [9.17, 15) is 9.59 Å². The van der Waals surface area contributed by atoms with Crippen molar-refractivity contribution in [2.24, 2.45) is 5.41 Å². The first-order chi connectivity index (χ1) is 13.2. The fourth-order valence-electron chi connectivity index (χ4n) is 2.77. The van der Waals surface area contributed by atoms with Gasteiger partial charge in [0.2, 0.25) is 5.91 Å². The lowest BCUT2D eigenvalue weighted by Gasteiger charge is -2.14. The molecule has 148 valence electrons. The van der Waals surface area contributed by atoms with E-state index < -0.39 is 5.41 Å². The fraction of sp³-hybridized carbons (Fsp3) is 0.400. The van der Waals surface area contributed by atoms with E-state index in [0.717, 1.165) is 11.4 Å². The number of amides is 1. The molecule has 1 aromatic carbocycles. The van der Waals surface area contributed by atoms with Crippen molar-refractivity contribution >= 4 is 38.9 Å². The summed E-state index contributed by atoms with van der Waals surface area (Å²) in [5.41, 5.74) is 0.470. The number of nitrogens with zero attached hydrogens (tertiary/aromatic N) is 3. The highest BCUT2D eigenvalue weighted by Crippen LogP contribution is 2.29. The number of ether oxygens (including phenoxy) is 1. The zero-order valence-corrected chi connectivity index (χ0v) is 17.5. The smallest absolute Gasteiger partial charge is 0.246 e. The Morgan fingerprint density at radius 1 is 1.29 bits per heavy atom. The molecule has 2 aromatic heterocycles. The molecule has 8 heteroatoms. The molecule has 0 aliphatic rings. The van der Waals surface area contributed by atoms with Crippen molar-refractivity contribution in [3.05, 3.63) is 35.1 Å². The molecule has 0 spiro atoms. The van der Waals surface area contributed by atoms with E-state index in [2.05, 4.69) is 15.4 Å². The summed E-state index contributed by atoms with van der Waals surface area (Å²) in [4.78, 5) is 29.6. The Morgan fingerprint density at radius 3 is 2.64 bits per heavy atom. The lowest BCUT2D eigenvalue weighted by Crippen LogP contribution is -2.22. The summed E-state index contributed by atoms with van der Waals surface area (Å²) in [6, 6.07) is 5.39. The van der Waals surface area contributed by atoms with Crippen LogP contribution in [0.2, 0.25) is 0 Å². The Balaban J connectivity index is 1.94. The maximum absolute atomic E-state index is 12.8. The number of carbonyl (C=O) groups excluding carboxylic acids is 2. The molecule has 0 aliphatic heterocycles. The number of nitrogens with one attached hydrogen (secondary N) is 1. The number of ketones is 1. The zero-order chi connectivity index (χ0) is 20.5. The van der Waals surface area contributed by atoms with Crippen molar-refractivity contribution in [2.75, 3.05) is 12.4 Å². The minimum absolute atomic E-state index is 0.0134. The number of carbonyl (C=O) groups is 2. The first-order valence-corrected chi connectivity index (χ1v) is 9.88. The van der Waals surface area contributed by atoms with Crippen molar-refractivity contribution in [2.45, 2.75) is 40.7 Å². The van der Waals surface area contributed by atoms with Crippen LogP contribution in [0.1, 0.15) is 43.2 Å². The Morgan fingerprint density at radius 2 is 2.04 bits per heavy atom. The number of aromatic nitrogens is 3. The normalized spacial score (nSPS) is 11.6. The van der Waals surface area contributed by atoms with Crippen LogP contribution in [0.15, 0.2) is 24.4 Å². The average Bonchev–Trinajstić information content (AvgIpc) is 3.24. The van der Waals surface area contributed by atoms with Gasteiger partial charge < -0.3 is 10.1 Å². The van der Waals surface area contributed by atoms with Gasteiger partial charge in [0.15, 0.2) is 5.78 Å². The van der Waals surface area contributed by atoms with Gasteiger partial charge in [-0.05, 0) is 18.6 Å². The number of thiazole rings is 1. The van der Waals surface area contributed by atoms with Gasteiger partial charge in [-0.3, -0.25) is 14.3 Å². The first kappa shape index (κ1) is 20.0. The highest BCUT2D eigenvalue weighted by molar-refractivity contribution is 7.15. The molecular formula is C20H24N4O3S. The molecule has 3 rings (SSSR count). The average molecular weight is 401 g/mol. The summed E-state index contributed by atoms with van der Waals surface area (Å²) in [5, 5.41) is 9.68. The van der Waals surface area contributed by atoms with Gasteiger partial charge >= 0.3 is 0 Å². The lowest BCUT2D eigenvalue weighted by molar-refractivity contribution is -0.116.